The quantitative estimate of drug-likeness (QED) is 0.779. The van der Waals surface area contributed by atoms with E-state index in [0.29, 0.717) is 12.6 Å². The van der Waals surface area contributed by atoms with Gasteiger partial charge in [0.1, 0.15) is 6.54 Å². The highest BCUT2D eigenvalue weighted by Gasteiger charge is 2.45. The predicted octanol–water partition coefficient (Wildman–Crippen LogP) is 3.12. The smallest absolute Gasteiger partial charge is 0.244 e. The summed E-state index contributed by atoms with van der Waals surface area (Å²) >= 11 is 0. The molecular formula is C23H32N4O2. The number of benzene rings is 1. The Bertz CT molecular complexity index is 784. The summed E-state index contributed by atoms with van der Waals surface area (Å²) in [5, 5.41) is 4.16. The van der Waals surface area contributed by atoms with Crippen molar-refractivity contribution in [2.45, 2.75) is 56.9 Å². The lowest BCUT2D eigenvalue weighted by molar-refractivity contribution is -0.176. The molecule has 1 aromatic carbocycles. The molecule has 4 rings (SSSR count). The SMILES string of the molecule is CCN(C)[C@H]1C[C@@H](c2ccccc2)OC2(CCN(C(=O)Cn3cccn3)CC2)C1. The Morgan fingerprint density at radius 1 is 1.24 bits per heavy atom. The number of carbonyl (C=O) groups is 1. The maximum atomic E-state index is 12.7. The number of ether oxygens (including phenoxy) is 1. The third kappa shape index (κ3) is 4.54. The molecule has 1 amide bonds. The van der Waals surface area contributed by atoms with Gasteiger partial charge in [0, 0.05) is 31.5 Å². The van der Waals surface area contributed by atoms with E-state index >= 15 is 0 Å². The molecule has 0 radical (unpaired) electrons. The van der Waals surface area contributed by atoms with Crippen molar-refractivity contribution in [3.8, 4) is 0 Å². The Hall–Kier alpha value is -2.18. The number of hydrogen-bond donors (Lipinski definition) is 0. The van der Waals surface area contributed by atoms with Gasteiger partial charge in [-0.05, 0) is 50.9 Å². The van der Waals surface area contributed by atoms with E-state index in [4.69, 9.17) is 4.74 Å². The topological polar surface area (TPSA) is 50.6 Å². The second-order valence-corrected chi connectivity index (χ2v) is 8.45. The number of hydrogen-bond acceptors (Lipinski definition) is 4. The first kappa shape index (κ1) is 20.1. The van der Waals surface area contributed by atoms with Gasteiger partial charge in [-0.3, -0.25) is 9.48 Å². The second kappa shape index (κ2) is 8.67. The number of likely N-dealkylation sites (tertiary alicyclic amines) is 1. The molecule has 0 saturated carbocycles. The fourth-order valence-electron chi connectivity index (χ4n) is 4.74. The minimum absolute atomic E-state index is 0.121. The zero-order chi connectivity index (χ0) is 20.3. The summed E-state index contributed by atoms with van der Waals surface area (Å²) in [4.78, 5) is 17.1. The Kier molecular flexibility index (Phi) is 6.01. The van der Waals surface area contributed by atoms with Crippen LogP contribution in [0.5, 0.6) is 0 Å². The summed E-state index contributed by atoms with van der Waals surface area (Å²) in [5.41, 5.74) is 1.12. The molecule has 0 aliphatic carbocycles. The molecule has 1 aromatic heterocycles. The van der Waals surface area contributed by atoms with Crippen molar-refractivity contribution in [2.24, 2.45) is 0 Å². The van der Waals surface area contributed by atoms with Crippen molar-refractivity contribution in [3.05, 3.63) is 54.4 Å². The largest absolute Gasteiger partial charge is 0.367 e. The number of rotatable bonds is 5. The van der Waals surface area contributed by atoms with E-state index in [1.807, 2.05) is 17.2 Å². The third-order valence-corrected chi connectivity index (χ3v) is 6.66. The normalized spacial score (nSPS) is 24.2. The maximum absolute atomic E-state index is 12.7. The molecule has 0 N–H and O–H groups in total. The molecule has 156 valence electrons. The van der Waals surface area contributed by atoms with E-state index < -0.39 is 0 Å². The Balaban J connectivity index is 1.45. The highest BCUT2D eigenvalue weighted by atomic mass is 16.5. The van der Waals surface area contributed by atoms with E-state index in [1.54, 1.807) is 10.9 Å². The molecular weight excluding hydrogens is 364 g/mol. The van der Waals surface area contributed by atoms with Gasteiger partial charge >= 0.3 is 0 Å². The number of piperidine rings is 1. The fourth-order valence-corrected chi connectivity index (χ4v) is 4.74. The van der Waals surface area contributed by atoms with Gasteiger partial charge in [0.05, 0.1) is 11.7 Å². The van der Waals surface area contributed by atoms with Crippen molar-refractivity contribution >= 4 is 5.91 Å². The summed E-state index contributed by atoms with van der Waals surface area (Å²) < 4.78 is 8.47. The second-order valence-electron chi connectivity index (χ2n) is 8.45. The molecule has 2 aromatic rings. The van der Waals surface area contributed by atoms with Gasteiger partial charge in [0.25, 0.3) is 0 Å². The van der Waals surface area contributed by atoms with Crippen LogP contribution in [0.4, 0.5) is 0 Å². The molecule has 6 nitrogen and oxygen atoms in total. The van der Waals surface area contributed by atoms with E-state index in [0.717, 1.165) is 45.3 Å². The first-order valence-electron chi connectivity index (χ1n) is 10.8. The minimum Gasteiger partial charge on any atom is -0.367 e. The Morgan fingerprint density at radius 3 is 2.66 bits per heavy atom. The molecule has 0 unspecified atom stereocenters. The van der Waals surface area contributed by atoms with E-state index in [9.17, 15) is 4.79 Å². The standard InChI is InChI=1S/C23H32N4O2/c1-3-25(2)20-16-21(19-8-5-4-6-9-19)29-23(17-20)10-14-26(15-11-23)22(28)18-27-13-7-12-24-27/h4-9,12-13,20-21H,3,10-11,14-18H2,1-2H3/t20-,21-/m0/s1. The lowest BCUT2D eigenvalue weighted by Gasteiger charge is -2.50. The maximum Gasteiger partial charge on any atom is 0.244 e. The van der Waals surface area contributed by atoms with Gasteiger partial charge in [-0.25, -0.2) is 0 Å². The highest BCUT2D eigenvalue weighted by Crippen LogP contribution is 2.44. The zero-order valence-electron chi connectivity index (χ0n) is 17.5. The van der Waals surface area contributed by atoms with Crippen molar-refractivity contribution in [1.29, 1.82) is 0 Å². The molecule has 1 spiro atoms. The van der Waals surface area contributed by atoms with Gasteiger partial charge in [0.15, 0.2) is 0 Å². The first-order chi connectivity index (χ1) is 14.1. The van der Waals surface area contributed by atoms with Crippen LogP contribution in [0.3, 0.4) is 0 Å². The van der Waals surface area contributed by atoms with Crippen LogP contribution in [0.25, 0.3) is 0 Å². The number of nitrogens with zero attached hydrogens (tertiary/aromatic N) is 4. The van der Waals surface area contributed by atoms with Crippen molar-refractivity contribution in [2.75, 3.05) is 26.7 Å². The molecule has 2 aliphatic rings. The van der Waals surface area contributed by atoms with Gasteiger partial charge in [-0.2, -0.15) is 5.10 Å². The molecule has 2 saturated heterocycles. The summed E-state index contributed by atoms with van der Waals surface area (Å²) in [6, 6.07) is 12.9. The molecule has 0 bridgehead atoms. The summed E-state index contributed by atoms with van der Waals surface area (Å²) in [5.74, 6) is 0.140. The summed E-state index contributed by atoms with van der Waals surface area (Å²) in [6.45, 7) is 5.08. The van der Waals surface area contributed by atoms with Crippen LogP contribution < -0.4 is 0 Å². The van der Waals surface area contributed by atoms with Crippen LogP contribution in [0.15, 0.2) is 48.8 Å². The zero-order valence-corrected chi connectivity index (χ0v) is 17.5. The average molecular weight is 397 g/mol. The number of aromatic nitrogens is 2. The van der Waals surface area contributed by atoms with Gasteiger partial charge < -0.3 is 14.5 Å². The summed E-state index contributed by atoms with van der Waals surface area (Å²) in [7, 11) is 2.22. The van der Waals surface area contributed by atoms with Crippen molar-refractivity contribution in [1.82, 2.24) is 19.6 Å². The van der Waals surface area contributed by atoms with Gasteiger partial charge in [0.2, 0.25) is 5.91 Å². The monoisotopic (exact) mass is 396 g/mol. The minimum atomic E-state index is -0.144. The molecule has 2 aliphatic heterocycles. The molecule has 2 fully saturated rings. The third-order valence-electron chi connectivity index (χ3n) is 6.66. The van der Waals surface area contributed by atoms with E-state index in [1.165, 1.54) is 5.56 Å². The number of amides is 1. The highest BCUT2D eigenvalue weighted by molar-refractivity contribution is 5.76. The van der Waals surface area contributed by atoms with Crippen LogP contribution in [-0.4, -0.2) is 63.8 Å². The van der Waals surface area contributed by atoms with E-state index in [-0.39, 0.29) is 17.6 Å². The Labute approximate surface area is 173 Å². The predicted molar refractivity (Wildman–Crippen MR) is 112 cm³/mol. The first-order valence-corrected chi connectivity index (χ1v) is 10.8. The van der Waals surface area contributed by atoms with Crippen LogP contribution >= 0.6 is 0 Å². The summed E-state index contributed by atoms with van der Waals surface area (Å²) in [6.07, 6.45) is 7.53. The molecule has 2 atom stereocenters. The Morgan fingerprint density at radius 2 is 2.00 bits per heavy atom. The average Bonchev–Trinajstić information content (AvgIpc) is 3.27. The van der Waals surface area contributed by atoms with E-state index in [2.05, 4.69) is 54.3 Å². The van der Waals surface area contributed by atoms with Gasteiger partial charge in [-0.1, -0.05) is 37.3 Å². The molecule has 29 heavy (non-hydrogen) atoms. The fraction of sp³-hybridized carbons (Fsp3) is 0.565. The van der Waals surface area contributed by atoms with Crippen LogP contribution in [0, 0.1) is 0 Å². The lowest BCUT2D eigenvalue weighted by atomic mass is 9.79. The number of carbonyl (C=O) groups excluding carboxylic acids is 1. The van der Waals surface area contributed by atoms with Crippen LogP contribution in [0.1, 0.15) is 44.3 Å². The molecule has 3 heterocycles. The molecule has 6 heteroatoms. The van der Waals surface area contributed by atoms with Crippen molar-refractivity contribution in [3.63, 3.8) is 0 Å². The van der Waals surface area contributed by atoms with Crippen LogP contribution in [-0.2, 0) is 16.1 Å². The van der Waals surface area contributed by atoms with Gasteiger partial charge in [-0.15, -0.1) is 0 Å². The van der Waals surface area contributed by atoms with Crippen LogP contribution in [0.2, 0.25) is 0 Å². The van der Waals surface area contributed by atoms with Crippen molar-refractivity contribution < 1.29 is 9.53 Å². The lowest BCUT2D eigenvalue weighted by Crippen LogP contribution is -2.54.